The Balaban J connectivity index is 0. The van der Waals surface area contributed by atoms with E-state index in [-0.39, 0.29) is 34.0 Å². The number of hydrogen-bond donors (Lipinski definition) is 0. The zero-order valence-corrected chi connectivity index (χ0v) is 17.6. The van der Waals surface area contributed by atoms with Gasteiger partial charge in [0.25, 0.3) is 0 Å². The maximum atomic E-state index is 5.02. The van der Waals surface area contributed by atoms with Gasteiger partial charge in [-0.25, -0.2) is 0 Å². The molecule has 0 bridgehead atoms. The number of likely N-dealkylation sites (N-methyl/N-ethyl adjacent to an activating group) is 2. The fraction of sp³-hybridized carbons (Fsp3) is 0.750. The van der Waals surface area contributed by atoms with Gasteiger partial charge in [-0.05, 0) is 11.8 Å². The Morgan fingerprint density at radius 2 is 1.09 bits per heavy atom. The lowest BCUT2D eigenvalue weighted by Crippen LogP contribution is -3.00. The predicted octanol–water partition coefficient (Wildman–Crippen LogP) is -5.80. The van der Waals surface area contributed by atoms with Gasteiger partial charge in [0.2, 0.25) is 0 Å². The van der Waals surface area contributed by atoms with Gasteiger partial charge in [-0.1, -0.05) is 11.8 Å². The molecule has 0 aromatic rings. The van der Waals surface area contributed by atoms with Crippen molar-refractivity contribution in [1.29, 1.82) is 0 Å². The minimum Gasteiger partial charge on any atom is -1.00 e. The quantitative estimate of drug-likeness (QED) is 0.315. The summed E-state index contributed by atoms with van der Waals surface area (Å²) in [6.45, 7) is 2.99. The first-order valence-electron chi connectivity index (χ1n) is 6.93. The first-order valence-corrected chi connectivity index (χ1v) is 6.93. The molecule has 0 N–H and O–H groups in total. The number of piperazine rings is 1. The largest absolute Gasteiger partial charge is 1.00 e. The molecule has 0 spiro atoms. The number of hydrogen-bond acceptors (Lipinski definition) is 2. The highest BCUT2D eigenvalue weighted by molar-refractivity contribution is 5.10. The van der Waals surface area contributed by atoms with Crippen LogP contribution in [0.4, 0.5) is 0 Å². The van der Waals surface area contributed by atoms with E-state index in [1.165, 1.54) is 0 Å². The molecule has 2 atom stereocenters. The molecule has 4 nitrogen and oxygen atoms in total. The van der Waals surface area contributed by atoms with Gasteiger partial charge in [-0.2, -0.15) is 0 Å². The second-order valence-electron chi connectivity index (χ2n) is 6.46. The molecule has 22 heavy (non-hydrogen) atoms. The molecule has 0 radical (unpaired) electrons. The summed E-state index contributed by atoms with van der Waals surface area (Å²) < 4.78 is 11.8. The summed E-state index contributed by atoms with van der Waals surface area (Å²) in [4.78, 5) is 0. The van der Waals surface area contributed by atoms with Gasteiger partial charge in [0.05, 0.1) is 28.2 Å². The molecule has 1 aliphatic heterocycles. The maximum Gasteiger partial charge on any atom is 0.200 e. The molecule has 1 rings (SSSR count). The molecule has 6 heteroatoms. The average Bonchev–Trinajstić information content (AvgIpc) is 2.35. The van der Waals surface area contributed by atoms with E-state index < -0.39 is 0 Å². The van der Waals surface area contributed by atoms with Gasteiger partial charge in [0.1, 0.15) is 26.3 Å². The van der Waals surface area contributed by atoms with Gasteiger partial charge in [0.15, 0.2) is 12.1 Å². The molecule has 2 unspecified atom stereocenters. The van der Waals surface area contributed by atoms with Crippen molar-refractivity contribution in [1.82, 2.24) is 0 Å². The van der Waals surface area contributed by atoms with Crippen LogP contribution in [0.25, 0.3) is 0 Å². The van der Waals surface area contributed by atoms with E-state index in [1.54, 1.807) is 14.2 Å². The molecule has 1 heterocycles. The second kappa shape index (κ2) is 10.6. The van der Waals surface area contributed by atoms with Crippen molar-refractivity contribution in [2.45, 2.75) is 12.1 Å². The van der Waals surface area contributed by atoms with E-state index in [0.29, 0.717) is 25.3 Å². The fourth-order valence-corrected chi connectivity index (χ4v) is 2.49. The highest BCUT2D eigenvalue weighted by Gasteiger charge is 2.46. The van der Waals surface area contributed by atoms with E-state index in [0.717, 1.165) is 22.1 Å². The van der Waals surface area contributed by atoms with Gasteiger partial charge in [0, 0.05) is 14.2 Å². The Labute approximate surface area is 156 Å². The van der Waals surface area contributed by atoms with Crippen LogP contribution in [-0.2, 0) is 9.47 Å². The van der Waals surface area contributed by atoms with Crippen LogP contribution in [0.1, 0.15) is 0 Å². The Kier molecular flexibility index (Phi) is 11.7. The van der Waals surface area contributed by atoms with E-state index in [1.807, 2.05) is 0 Å². The summed E-state index contributed by atoms with van der Waals surface area (Å²) in [6.07, 6.45) is 0. The smallest absolute Gasteiger partial charge is 0.200 e. The molecule has 0 amide bonds. The van der Waals surface area contributed by atoms with E-state index >= 15 is 0 Å². The average molecular weight is 440 g/mol. The zero-order chi connectivity index (χ0) is 15.2. The van der Waals surface area contributed by atoms with Crippen molar-refractivity contribution >= 4 is 0 Å². The minimum absolute atomic E-state index is 0. The summed E-state index contributed by atoms with van der Waals surface area (Å²) in [5, 5.41) is 0. The molecule has 1 fully saturated rings. The third-order valence-electron chi connectivity index (χ3n) is 3.94. The van der Waals surface area contributed by atoms with Crippen LogP contribution in [0.2, 0.25) is 0 Å². The summed E-state index contributed by atoms with van der Waals surface area (Å²) in [5.41, 5.74) is 0. The van der Waals surface area contributed by atoms with Crippen molar-refractivity contribution in [3.63, 3.8) is 0 Å². The molecule has 128 valence electrons. The number of quaternary nitrogens is 2. The molecule has 1 saturated heterocycles. The molecular formula is C16H28Br2N2O2. The van der Waals surface area contributed by atoms with Crippen molar-refractivity contribution < 1.29 is 52.4 Å². The summed E-state index contributed by atoms with van der Waals surface area (Å²) in [6, 6.07) is 0.640. The first-order chi connectivity index (χ1) is 9.33. The third-order valence-corrected chi connectivity index (χ3v) is 3.94. The highest BCUT2D eigenvalue weighted by Crippen LogP contribution is 2.23. The fourth-order valence-electron chi connectivity index (χ4n) is 2.49. The predicted molar refractivity (Wildman–Crippen MR) is 80.8 cm³/mol. The topological polar surface area (TPSA) is 18.5 Å². The monoisotopic (exact) mass is 438 g/mol. The van der Waals surface area contributed by atoms with Gasteiger partial charge < -0.3 is 52.4 Å². The number of methoxy groups -OCH3 is 2. The zero-order valence-electron chi connectivity index (χ0n) is 14.4. The third kappa shape index (κ3) is 7.00. The van der Waals surface area contributed by atoms with Crippen LogP contribution in [0.3, 0.4) is 0 Å². The number of halogens is 2. The van der Waals surface area contributed by atoms with Gasteiger partial charge in [-0.3, -0.25) is 0 Å². The summed E-state index contributed by atoms with van der Waals surface area (Å²) in [7, 11) is 12.3. The maximum absolute atomic E-state index is 5.02. The summed E-state index contributed by atoms with van der Waals surface area (Å²) >= 11 is 0. The van der Waals surface area contributed by atoms with E-state index in [2.05, 4.69) is 51.9 Å². The molecule has 1 aliphatic rings. The standard InChI is InChI=1S/C16H28N2O2.2BrH/c1-17(2)13-16(10-8-12-20-6)18(3,4)14-15(17)9-7-11-19-5;;/h15-16H,11-14H2,1-6H3;2*1H/q+2;;/p-2. The van der Waals surface area contributed by atoms with Crippen LogP contribution in [0.15, 0.2) is 0 Å². The second-order valence-corrected chi connectivity index (χ2v) is 6.46. The number of rotatable bonds is 2. The van der Waals surface area contributed by atoms with E-state index in [4.69, 9.17) is 9.47 Å². The van der Waals surface area contributed by atoms with Gasteiger partial charge >= 0.3 is 0 Å². The van der Waals surface area contributed by atoms with Crippen LogP contribution in [0, 0.1) is 23.7 Å². The summed E-state index contributed by atoms with van der Waals surface area (Å²) in [5.74, 6) is 13.0. The van der Waals surface area contributed by atoms with Crippen molar-refractivity contribution in [3.05, 3.63) is 0 Å². The molecule has 0 saturated carbocycles. The lowest BCUT2D eigenvalue weighted by molar-refractivity contribution is -1.02. The molecular weight excluding hydrogens is 412 g/mol. The Morgan fingerprint density at radius 3 is 1.36 bits per heavy atom. The van der Waals surface area contributed by atoms with Crippen LogP contribution in [-0.4, -0.2) is 89.8 Å². The lowest BCUT2D eigenvalue weighted by Gasteiger charge is -2.49. The van der Waals surface area contributed by atoms with Crippen LogP contribution >= 0.6 is 0 Å². The van der Waals surface area contributed by atoms with Crippen molar-refractivity contribution in [2.75, 3.05) is 68.7 Å². The first kappa shape index (κ1) is 24.2. The van der Waals surface area contributed by atoms with Crippen LogP contribution in [0.5, 0.6) is 0 Å². The Morgan fingerprint density at radius 1 is 0.773 bits per heavy atom. The lowest BCUT2D eigenvalue weighted by atomic mass is 10.0. The van der Waals surface area contributed by atoms with Crippen LogP contribution < -0.4 is 34.0 Å². The van der Waals surface area contributed by atoms with Gasteiger partial charge in [-0.15, -0.1) is 0 Å². The molecule has 0 aromatic heterocycles. The number of ether oxygens (including phenoxy) is 2. The molecule has 0 aromatic carbocycles. The van der Waals surface area contributed by atoms with E-state index in [9.17, 15) is 0 Å². The minimum atomic E-state index is 0. The number of nitrogens with zero attached hydrogens (tertiary/aromatic N) is 2. The Hall–Kier alpha value is -0.0800. The van der Waals surface area contributed by atoms with Crippen molar-refractivity contribution in [2.24, 2.45) is 0 Å². The Bertz CT molecular complexity index is 403. The molecule has 0 aliphatic carbocycles. The van der Waals surface area contributed by atoms with Crippen molar-refractivity contribution in [3.8, 4) is 23.7 Å². The highest BCUT2D eigenvalue weighted by atomic mass is 79.9. The SMILES string of the molecule is COCC#CC1C[N+](C)(C)C(C#CCOC)C[N+]1(C)C.[Br-].[Br-]. The normalized spacial score (nSPS) is 24.5.